The van der Waals surface area contributed by atoms with Crippen LogP contribution in [0.1, 0.15) is 36.0 Å². The lowest BCUT2D eigenvalue weighted by Crippen LogP contribution is -2.16. The van der Waals surface area contributed by atoms with E-state index in [4.69, 9.17) is 21.1 Å². The Balaban J connectivity index is 1.86. The van der Waals surface area contributed by atoms with Crippen molar-refractivity contribution in [1.82, 2.24) is 4.98 Å². The number of methoxy groups -OCH3 is 1. The number of benzene rings is 1. The zero-order valence-electron chi connectivity index (χ0n) is 13.7. The molecule has 1 saturated carbocycles. The van der Waals surface area contributed by atoms with E-state index in [1.165, 1.54) is 31.6 Å². The largest absolute Gasteiger partial charge is 0.493 e. The van der Waals surface area contributed by atoms with E-state index < -0.39 is 11.7 Å². The summed E-state index contributed by atoms with van der Waals surface area (Å²) in [5, 5.41) is 2.88. The van der Waals surface area contributed by atoms with Crippen molar-refractivity contribution in [2.45, 2.75) is 31.8 Å². The summed E-state index contributed by atoms with van der Waals surface area (Å²) in [6, 6.07) is 4.06. The Morgan fingerprint density at radius 1 is 1.32 bits per heavy atom. The Bertz CT molecular complexity index is 779. The fourth-order valence-electron chi connectivity index (χ4n) is 2.81. The zero-order valence-corrected chi connectivity index (χ0v) is 14.5. The van der Waals surface area contributed by atoms with Crippen LogP contribution in [0.3, 0.4) is 0 Å². The van der Waals surface area contributed by atoms with Crippen LogP contribution >= 0.6 is 11.6 Å². The molecule has 1 aliphatic carbocycles. The lowest BCUT2D eigenvalue weighted by molar-refractivity contribution is 0.102. The zero-order chi connectivity index (χ0) is 17.8. The number of hydrogen-bond donors (Lipinski definition) is 1. The van der Waals surface area contributed by atoms with Crippen LogP contribution in [0.4, 0.5) is 10.1 Å². The molecule has 132 valence electrons. The molecule has 1 heterocycles. The van der Waals surface area contributed by atoms with Crippen molar-refractivity contribution in [3.8, 4) is 11.5 Å². The SMILES string of the molecule is COc1cc(F)c(C(=O)Nc2cnccc2Cl)cc1OC1CCCC1. The maximum atomic E-state index is 14.3. The summed E-state index contributed by atoms with van der Waals surface area (Å²) >= 11 is 5.99. The molecule has 2 aromatic rings. The molecule has 3 rings (SSSR count). The van der Waals surface area contributed by atoms with E-state index in [9.17, 15) is 9.18 Å². The standard InChI is InChI=1S/C18H18ClFN2O3/c1-24-16-9-14(20)12(8-17(16)25-11-4-2-3-5-11)18(23)22-15-10-21-7-6-13(15)19/h6-11H,2-5H2,1H3,(H,22,23). The van der Waals surface area contributed by atoms with Crippen molar-refractivity contribution in [2.75, 3.05) is 12.4 Å². The van der Waals surface area contributed by atoms with Gasteiger partial charge in [0.25, 0.3) is 5.91 Å². The molecule has 0 unspecified atom stereocenters. The van der Waals surface area contributed by atoms with Crippen molar-refractivity contribution >= 4 is 23.2 Å². The maximum Gasteiger partial charge on any atom is 0.258 e. The van der Waals surface area contributed by atoms with Crippen molar-refractivity contribution in [1.29, 1.82) is 0 Å². The van der Waals surface area contributed by atoms with Gasteiger partial charge >= 0.3 is 0 Å². The van der Waals surface area contributed by atoms with Crippen molar-refractivity contribution in [2.24, 2.45) is 0 Å². The first-order valence-electron chi connectivity index (χ1n) is 8.03. The number of aromatic nitrogens is 1. The molecular weight excluding hydrogens is 347 g/mol. The number of nitrogens with zero attached hydrogens (tertiary/aromatic N) is 1. The highest BCUT2D eigenvalue weighted by Crippen LogP contribution is 2.34. The molecule has 1 aliphatic rings. The third kappa shape index (κ3) is 4.02. The second-order valence-electron chi connectivity index (χ2n) is 5.82. The molecular formula is C18H18ClFN2O3. The van der Waals surface area contributed by atoms with Gasteiger partial charge in [0, 0.05) is 12.3 Å². The van der Waals surface area contributed by atoms with E-state index in [0.717, 1.165) is 31.7 Å². The van der Waals surface area contributed by atoms with Gasteiger partial charge in [-0.05, 0) is 37.8 Å². The topological polar surface area (TPSA) is 60.5 Å². The first kappa shape index (κ1) is 17.5. The van der Waals surface area contributed by atoms with Crippen LogP contribution in [0.25, 0.3) is 0 Å². The predicted octanol–water partition coefficient (Wildman–Crippen LogP) is 4.46. The summed E-state index contributed by atoms with van der Waals surface area (Å²) in [5.74, 6) is -0.710. The third-order valence-electron chi connectivity index (χ3n) is 4.11. The molecule has 0 radical (unpaired) electrons. The Hall–Kier alpha value is -2.34. The number of carbonyl (C=O) groups excluding carboxylic acids is 1. The molecule has 1 amide bonds. The Morgan fingerprint density at radius 3 is 2.76 bits per heavy atom. The minimum absolute atomic E-state index is 0.0584. The Kier molecular flexibility index (Phi) is 5.38. The van der Waals surface area contributed by atoms with Crippen LogP contribution in [-0.2, 0) is 0 Å². The van der Waals surface area contributed by atoms with Crippen molar-refractivity contribution in [3.63, 3.8) is 0 Å². The molecule has 7 heteroatoms. The fraction of sp³-hybridized carbons (Fsp3) is 0.333. The van der Waals surface area contributed by atoms with Gasteiger partial charge in [-0.1, -0.05) is 11.6 Å². The van der Waals surface area contributed by atoms with Crippen molar-refractivity contribution in [3.05, 3.63) is 47.0 Å². The summed E-state index contributed by atoms with van der Waals surface area (Å²) in [6.45, 7) is 0. The second kappa shape index (κ2) is 7.70. The first-order chi connectivity index (χ1) is 12.1. The summed E-state index contributed by atoms with van der Waals surface area (Å²) in [5.41, 5.74) is 0.163. The number of amides is 1. The highest BCUT2D eigenvalue weighted by atomic mass is 35.5. The highest BCUT2D eigenvalue weighted by molar-refractivity contribution is 6.33. The number of anilines is 1. The second-order valence-corrected chi connectivity index (χ2v) is 6.22. The van der Waals surface area contributed by atoms with Gasteiger partial charge in [0.2, 0.25) is 0 Å². The molecule has 1 aromatic heterocycles. The van der Waals surface area contributed by atoms with Gasteiger partial charge < -0.3 is 14.8 Å². The van der Waals surface area contributed by atoms with Gasteiger partial charge in [0.1, 0.15) is 5.82 Å². The third-order valence-corrected chi connectivity index (χ3v) is 4.44. The lowest BCUT2D eigenvalue weighted by Gasteiger charge is -2.17. The van der Waals surface area contributed by atoms with Gasteiger partial charge in [-0.25, -0.2) is 4.39 Å². The van der Waals surface area contributed by atoms with Gasteiger partial charge in [-0.15, -0.1) is 0 Å². The maximum absolute atomic E-state index is 14.3. The number of hydrogen-bond acceptors (Lipinski definition) is 4. The van der Waals surface area contributed by atoms with Crippen LogP contribution in [-0.4, -0.2) is 24.1 Å². The summed E-state index contributed by atoms with van der Waals surface area (Å²) < 4.78 is 25.4. The molecule has 0 spiro atoms. The molecule has 1 aromatic carbocycles. The number of rotatable bonds is 5. The van der Waals surface area contributed by atoms with Crippen LogP contribution in [0, 0.1) is 5.82 Å². The quantitative estimate of drug-likeness (QED) is 0.851. The molecule has 0 atom stereocenters. The molecule has 1 fully saturated rings. The van der Waals surface area contributed by atoms with Gasteiger partial charge in [-0.2, -0.15) is 0 Å². The first-order valence-corrected chi connectivity index (χ1v) is 8.41. The van der Waals surface area contributed by atoms with Crippen LogP contribution < -0.4 is 14.8 Å². The van der Waals surface area contributed by atoms with E-state index >= 15 is 0 Å². The number of halogens is 2. The normalized spacial score (nSPS) is 14.4. The monoisotopic (exact) mass is 364 g/mol. The van der Waals surface area contributed by atoms with E-state index in [2.05, 4.69) is 10.3 Å². The van der Waals surface area contributed by atoms with Crippen LogP contribution in [0.5, 0.6) is 11.5 Å². The average Bonchev–Trinajstić information content (AvgIpc) is 3.11. The molecule has 1 N–H and O–H groups in total. The van der Waals surface area contributed by atoms with E-state index in [-0.39, 0.29) is 17.4 Å². The lowest BCUT2D eigenvalue weighted by atomic mass is 10.1. The Labute approximate surface area is 150 Å². The fourth-order valence-corrected chi connectivity index (χ4v) is 2.96. The van der Waals surface area contributed by atoms with Crippen LogP contribution in [0.2, 0.25) is 5.02 Å². The van der Waals surface area contributed by atoms with E-state index in [0.29, 0.717) is 16.5 Å². The number of carbonyl (C=O) groups is 1. The number of ether oxygens (including phenoxy) is 2. The smallest absolute Gasteiger partial charge is 0.258 e. The van der Waals surface area contributed by atoms with Gasteiger partial charge in [-0.3, -0.25) is 9.78 Å². The van der Waals surface area contributed by atoms with Gasteiger partial charge in [0.05, 0.1) is 35.7 Å². The van der Waals surface area contributed by atoms with Gasteiger partial charge in [0.15, 0.2) is 11.5 Å². The average molecular weight is 365 g/mol. The minimum Gasteiger partial charge on any atom is -0.493 e. The summed E-state index contributed by atoms with van der Waals surface area (Å²) in [4.78, 5) is 16.3. The highest BCUT2D eigenvalue weighted by Gasteiger charge is 2.22. The number of pyridine rings is 1. The minimum atomic E-state index is -0.701. The van der Waals surface area contributed by atoms with E-state index in [1.807, 2.05) is 0 Å². The molecule has 0 aliphatic heterocycles. The summed E-state index contributed by atoms with van der Waals surface area (Å²) in [7, 11) is 1.44. The molecule has 0 saturated heterocycles. The molecule has 25 heavy (non-hydrogen) atoms. The van der Waals surface area contributed by atoms with Crippen molar-refractivity contribution < 1.29 is 18.7 Å². The Morgan fingerprint density at radius 2 is 2.08 bits per heavy atom. The summed E-state index contributed by atoms with van der Waals surface area (Å²) in [6.07, 6.45) is 7.03. The molecule has 5 nitrogen and oxygen atoms in total. The van der Waals surface area contributed by atoms with Crippen LogP contribution in [0.15, 0.2) is 30.6 Å². The number of nitrogens with one attached hydrogen (secondary N) is 1. The van der Waals surface area contributed by atoms with E-state index in [1.54, 1.807) is 0 Å². The predicted molar refractivity (Wildman–Crippen MR) is 93.0 cm³/mol. The molecule has 0 bridgehead atoms.